The summed E-state index contributed by atoms with van der Waals surface area (Å²) in [4.78, 5) is 3.96. The maximum Gasteiger partial charge on any atom is 0.222 e. The van der Waals surface area contributed by atoms with E-state index in [2.05, 4.69) is 22.0 Å². The molecule has 0 saturated carbocycles. The molecule has 0 saturated heterocycles. The van der Waals surface area contributed by atoms with Gasteiger partial charge in [0.15, 0.2) is 0 Å². The minimum atomic E-state index is 0.191. The molecule has 1 aliphatic heterocycles. The van der Waals surface area contributed by atoms with E-state index in [1.165, 1.54) is 0 Å². The van der Waals surface area contributed by atoms with Gasteiger partial charge in [-0.05, 0) is 24.3 Å². The summed E-state index contributed by atoms with van der Waals surface area (Å²) in [5.41, 5.74) is 4.42. The molecule has 1 radical (unpaired) electrons. The van der Waals surface area contributed by atoms with Gasteiger partial charge in [-0.2, -0.15) is 10.7 Å². The van der Waals surface area contributed by atoms with Crippen molar-refractivity contribution >= 4 is 17.7 Å². The molecular weight excluding hydrogens is 230 g/mol. The molecule has 6 heteroatoms. The molecule has 0 bridgehead atoms. The summed E-state index contributed by atoms with van der Waals surface area (Å²) >= 11 is 0. The Bertz CT molecular complexity index is 572. The first kappa shape index (κ1) is 10.4. The molecule has 0 aliphatic carbocycles. The normalized spacial score (nSPS) is 13.8. The summed E-state index contributed by atoms with van der Waals surface area (Å²) in [6.45, 7) is 0. The van der Waals surface area contributed by atoms with Gasteiger partial charge in [-0.3, -0.25) is 4.98 Å². The summed E-state index contributed by atoms with van der Waals surface area (Å²) in [5.74, 6) is 0.191. The zero-order chi connectivity index (χ0) is 12.4. The average Bonchev–Trinajstić information content (AvgIpc) is 2.89. The quantitative estimate of drug-likeness (QED) is 0.829. The van der Waals surface area contributed by atoms with Gasteiger partial charge < -0.3 is 5.11 Å². The number of rotatable bonds is 2. The molecule has 2 aromatic rings. The highest BCUT2D eigenvalue weighted by molar-refractivity contribution is 5.85. The Balaban J connectivity index is 1.94. The molecule has 6 nitrogen and oxygen atoms in total. The predicted octanol–water partition coefficient (Wildman–Crippen LogP) is 1.35. The number of phenols is 1. The molecule has 18 heavy (non-hydrogen) atoms. The van der Waals surface area contributed by atoms with Gasteiger partial charge >= 0.3 is 0 Å². The van der Waals surface area contributed by atoms with Crippen LogP contribution in [0.2, 0.25) is 0 Å². The summed E-state index contributed by atoms with van der Waals surface area (Å²) in [7, 11) is 0. The van der Waals surface area contributed by atoms with Crippen molar-refractivity contribution in [3.05, 3.63) is 48.8 Å². The van der Waals surface area contributed by atoms with E-state index >= 15 is 0 Å². The number of aromatic nitrogens is 1. The van der Waals surface area contributed by atoms with Gasteiger partial charge in [-0.15, -0.1) is 5.10 Å². The Morgan fingerprint density at radius 1 is 1.11 bits per heavy atom. The van der Waals surface area contributed by atoms with Crippen molar-refractivity contribution in [3.63, 3.8) is 0 Å². The number of phenolic OH excluding ortho intramolecular Hbond substituents is 1. The van der Waals surface area contributed by atoms with Crippen molar-refractivity contribution < 1.29 is 5.11 Å². The van der Waals surface area contributed by atoms with Gasteiger partial charge in [0.25, 0.3) is 0 Å². The second-order valence-electron chi connectivity index (χ2n) is 3.66. The van der Waals surface area contributed by atoms with E-state index in [4.69, 9.17) is 0 Å². The first-order valence-corrected chi connectivity index (χ1v) is 5.35. The number of hydrazine groups is 2. The molecule has 2 heterocycles. The first-order valence-electron chi connectivity index (χ1n) is 5.35. The fourth-order valence-electron chi connectivity index (χ4n) is 1.66. The SMILES string of the molecule is Oc1cccc(N2[C]=NNN2c2ccncc2)c1. The predicted molar refractivity (Wildman–Crippen MR) is 67.9 cm³/mol. The van der Waals surface area contributed by atoms with Gasteiger partial charge in [0.05, 0.1) is 11.4 Å². The maximum absolute atomic E-state index is 9.50. The lowest BCUT2D eigenvalue weighted by molar-refractivity contribution is 0.475. The number of hydrogen-bond acceptors (Lipinski definition) is 6. The van der Waals surface area contributed by atoms with Gasteiger partial charge in [0, 0.05) is 18.5 Å². The summed E-state index contributed by atoms with van der Waals surface area (Å²) in [5, 5.41) is 16.7. The van der Waals surface area contributed by atoms with E-state index in [9.17, 15) is 5.11 Å². The van der Waals surface area contributed by atoms with Crippen molar-refractivity contribution in [2.24, 2.45) is 5.10 Å². The number of nitrogens with one attached hydrogen (secondary N) is 1. The largest absolute Gasteiger partial charge is 0.508 e. The lowest BCUT2D eigenvalue weighted by Crippen LogP contribution is -2.43. The topological polar surface area (TPSA) is 64.0 Å². The Morgan fingerprint density at radius 2 is 1.94 bits per heavy atom. The molecule has 0 spiro atoms. The van der Waals surface area contributed by atoms with Gasteiger partial charge in [0.1, 0.15) is 5.75 Å². The smallest absolute Gasteiger partial charge is 0.222 e. The fraction of sp³-hybridized carbons (Fsp3) is 0. The molecule has 1 aromatic carbocycles. The molecule has 3 rings (SSSR count). The Labute approximate surface area is 104 Å². The van der Waals surface area contributed by atoms with Crippen LogP contribution in [0.1, 0.15) is 0 Å². The van der Waals surface area contributed by atoms with E-state index in [0.717, 1.165) is 11.4 Å². The van der Waals surface area contributed by atoms with Crippen LogP contribution in [0.15, 0.2) is 53.9 Å². The number of hydrazone groups is 1. The molecule has 0 fully saturated rings. The molecule has 2 N–H and O–H groups in total. The van der Waals surface area contributed by atoms with Crippen LogP contribution in [0.5, 0.6) is 5.75 Å². The molecule has 1 aliphatic rings. The third-order valence-corrected chi connectivity index (χ3v) is 2.47. The number of aromatic hydroxyl groups is 1. The van der Waals surface area contributed by atoms with Crippen LogP contribution in [0.4, 0.5) is 11.4 Å². The van der Waals surface area contributed by atoms with E-state index in [1.807, 2.05) is 18.2 Å². The second-order valence-corrected chi connectivity index (χ2v) is 3.66. The Hall–Kier alpha value is -2.76. The molecule has 0 atom stereocenters. The number of pyridine rings is 1. The highest BCUT2D eigenvalue weighted by Gasteiger charge is 2.20. The van der Waals surface area contributed by atoms with E-state index in [-0.39, 0.29) is 5.75 Å². The van der Waals surface area contributed by atoms with Crippen molar-refractivity contribution in [2.75, 3.05) is 10.1 Å². The van der Waals surface area contributed by atoms with Gasteiger partial charge in [-0.25, -0.2) is 5.01 Å². The number of nitrogens with zero attached hydrogens (tertiary/aromatic N) is 4. The number of hydrogen-bond donors (Lipinski definition) is 2. The van der Waals surface area contributed by atoms with Gasteiger partial charge in [0.2, 0.25) is 6.34 Å². The van der Waals surface area contributed by atoms with Crippen molar-refractivity contribution in [2.45, 2.75) is 0 Å². The van der Waals surface area contributed by atoms with Crippen molar-refractivity contribution in [1.29, 1.82) is 0 Å². The van der Waals surface area contributed by atoms with Gasteiger partial charge in [-0.1, -0.05) is 6.07 Å². The summed E-state index contributed by atoms with van der Waals surface area (Å²) in [6, 6.07) is 10.5. The third-order valence-electron chi connectivity index (χ3n) is 2.47. The summed E-state index contributed by atoms with van der Waals surface area (Å²) in [6.07, 6.45) is 6.17. The van der Waals surface area contributed by atoms with E-state index < -0.39 is 0 Å². The zero-order valence-corrected chi connectivity index (χ0v) is 9.35. The minimum Gasteiger partial charge on any atom is -0.508 e. The highest BCUT2D eigenvalue weighted by atomic mass is 16.3. The minimum absolute atomic E-state index is 0.191. The monoisotopic (exact) mass is 240 g/mol. The maximum atomic E-state index is 9.50. The lowest BCUT2D eigenvalue weighted by Gasteiger charge is -2.27. The molecule has 89 valence electrons. The first-order chi connectivity index (χ1) is 8.84. The zero-order valence-electron chi connectivity index (χ0n) is 9.35. The standard InChI is InChI=1S/C12H10N5O/c18-12-3-1-2-11(8-12)16-9-14-15-17(16)10-4-6-13-7-5-10/h1-8,15,18H. The Morgan fingerprint density at radius 3 is 2.72 bits per heavy atom. The third kappa shape index (κ3) is 1.80. The van der Waals surface area contributed by atoms with Crippen LogP contribution >= 0.6 is 0 Å². The van der Waals surface area contributed by atoms with Crippen LogP contribution in [-0.4, -0.2) is 16.4 Å². The molecule has 0 amide bonds. The second kappa shape index (κ2) is 4.25. The number of anilines is 2. The molecule has 0 unspecified atom stereocenters. The summed E-state index contributed by atoms with van der Waals surface area (Å²) < 4.78 is 0. The van der Waals surface area contributed by atoms with Crippen LogP contribution in [0.25, 0.3) is 0 Å². The molecular formula is C12H10N5O. The van der Waals surface area contributed by atoms with Crippen molar-refractivity contribution in [3.8, 4) is 5.75 Å². The highest BCUT2D eigenvalue weighted by Crippen LogP contribution is 2.24. The number of benzene rings is 1. The van der Waals surface area contributed by atoms with E-state index in [1.54, 1.807) is 40.7 Å². The fourth-order valence-corrected chi connectivity index (χ4v) is 1.66. The Kier molecular flexibility index (Phi) is 2.45. The average molecular weight is 240 g/mol. The van der Waals surface area contributed by atoms with Crippen LogP contribution < -0.4 is 15.7 Å². The lowest BCUT2D eigenvalue weighted by atomic mass is 10.3. The molecule has 1 aromatic heterocycles. The van der Waals surface area contributed by atoms with Crippen LogP contribution in [-0.2, 0) is 0 Å². The van der Waals surface area contributed by atoms with E-state index in [0.29, 0.717) is 0 Å². The van der Waals surface area contributed by atoms with Crippen molar-refractivity contribution in [1.82, 2.24) is 10.5 Å². The van der Waals surface area contributed by atoms with Crippen LogP contribution in [0, 0.1) is 0 Å². The van der Waals surface area contributed by atoms with Crippen LogP contribution in [0.3, 0.4) is 0 Å².